The smallest absolute Gasteiger partial charge is 0.229 e. The summed E-state index contributed by atoms with van der Waals surface area (Å²) in [6.07, 6.45) is 1.07. The highest BCUT2D eigenvalue weighted by atomic mass is 32.2. The summed E-state index contributed by atoms with van der Waals surface area (Å²) >= 11 is 0. The highest BCUT2D eigenvalue weighted by Gasteiger charge is 2.12. The number of hydrogen-bond donors (Lipinski definition) is 2. The average Bonchev–Trinajstić information content (AvgIpc) is 2.76. The summed E-state index contributed by atoms with van der Waals surface area (Å²) in [5.74, 6) is 0.292. The molecule has 0 spiro atoms. The Kier molecular flexibility index (Phi) is 3.76. The minimum Gasteiger partial charge on any atom is -0.394 e. The minimum atomic E-state index is -3.38. The second kappa shape index (κ2) is 5.33. The first-order chi connectivity index (χ1) is 8.99. The molecule has 0 saturated heterocycles. The lowest BCUT2D eigenvalue weighted by molar-refractivity contribution is 0.259. The lowest BCUT2D eigenvalue weighted by atomic mass is 10.2. The number of para-hydroxylation sites is 1. The molecule has 0 aliphatic carbocycles. The standard InChI is InChI=1S/C10H13N5O3S/c1-19(17,18)13-9-5-3-2-4-8(9)10-11-14-15(12-10)6-7-16/h2-5,13,16H,6-7H2,1H3. The second-order valence-electron chi connectivity index (χ2n) is 3.85. The zero-order valence-corrected chi connectivity index (χ0v) is 11.0. The number of tetrazole rings is 1. The van der Waals surface area contributed by atoms with E-state index in [0.717, 1.165) is 6.26 Å². The number of hydrogen-bond acceptors (Lipinski definition) is 6. The number of nitrogens with zero attached hydrogens (tertiary/aromatic N) is 4. The lowest BCUT2D eigenvalue weighted by Crippen LogP contribution is -2.10. The molecule has 0 aliphatic heterocycles. The van der Waals surface area contributed by atoms with E-state index in [2.05, 4.69) is 20.1 Å². The largest absolute Gasteiger partial charge is 0.394 e. The molecule has 0 atom stereocenters. The second-order valence-corrected chi connectivity index (χ2v) is 5.60. The Morgan fingerprint density at radius 1 is 1.37 bits per heavy atom. The third-order valence-corrected chi connectivity index (χ3v) is 2.81. The van der Waals surface area contributed by atoms with Crippen LogP contribution < -0.4 is 4.72 Å². The maximum Gasteiger partial charge on any atom is 0.229 e. The van der Waals surface area contributed by atoms with E-state index in [1.54, 1.807) is 24.3 Å². The molecule has 0 fully saturated rings. The molecule has 0 amide bonds. The Hall–Kier alpha value is -2.00. The van der Waals surface area contributed by atoms with Gasteiger partial charge in [-0.2, -0.15) is 4.80 Å². The van der Waals surface area contributed by atoms with E-state index in [0.29, 0.717) is 17.1 Å². The Morgan fingerprint density at radius 3 is 2.79 bits per heavy atom. The molecule has 8 nitrogen and oxygen atoms in total. The van der Waals surface area contributed by atoms with Crippen LogP contribution in [0.1, 0.15) is 0 Å². The van der Waals surface area contributed by atoms with Gasteiger partial charge in [-0.1, -0.05) is 12.1 Å². The third-order valence-electron chi connectivity index (χ3n) is 2.22. The van der Waals surface area contributed by atoms with Crippen molar-refractivity contribution in [1.29, 1.82) is 0 Å². The van der Waals surface area contributed by atoms with Gasteiger partial charge < -0.3 is 5.11 Å². The first-order valence-corrected chi connectivity index (χ1v) is 7.34. The molecular formula is C10H13N5O3S. The quantitative estimate of drug-likeness (QED) is 0.780. The van der Waals surface area contributed by atoms with E-state index in [-0.39, 0.29) is 13.2 Å². The summed E-state index contributed by atoms with van der Waals surface area (Å²) in [6.45, 7) is 0.133. The third kappa shape index (κ3) is 3.48. The molecule has 0 unspecified atom stereocenters. The number of aliphatic hydroxyl groups excluding tert-OH is 1. The number of aromatic nitrogens is 4. The van der Waals surface area contributed by atoms with Crippen molar-refractivity contribution >= 4 is 15.7 Å². The van der Waals surface area contributed by atoms with Crippen molar-refractivity contribution in [3.05, 3.63) is 24.3 Å². The van der Waals surface area contributed by atoms with Gasteiger partial charge in [-0.15, -0.1) is 10.2 Å². The molecule has 0 saturated carbocycles. The Bertz CT molecular complexity index is 667. The van der Waals surface area contributed by atoms with Crippen LogP contribution >= 0.6 is 0 Å². The van der Waals surface area contributed by atoms with E-state index in [1.807, 2.05) is 0 Å². The molecule has 2 aromatic rings. The molecule has 1 aromatic heterocycles. The molecule has 2 rings (SSSR count). The fourth-order valence-electron chi connectivity index (χ4n) is 1.50. The van der Waals surface area contributed by atoms with Crippen molar-refractivity contribution in [1.82, 2.24) is 20.2 Å². The molecule has 0 aliphatic rings. The van der Waals surface area contributed by atoms with E-state index < -0.39 is 10.0 Å². The van der Waals surface area contributed by atoms with Crippen LogP contribution in [-0.2, 0) is 16.6 Å². The summed E-state index contributed by atoms with van der Waals surface area (Å²) in [7, 11) is -3.38. The van der Waals surface area contributed by atoms with Crippen LogP contribution in [0.5, 0.6) is 0 Å². The number of benzene rings is 1. The molecule has 19 heavy (non-hydrogen) atoms. The number of aliphatic hydroxyl groups is 1. The predicted molar refractivity (Wildman–Crippen MR) is 68.8 cm³/mol. The molecule has 0 radical (unpaired) electrons. The molecule has 9 heteroatoms. The van der Waals surface area contributed by atoms with E-state index in [4.69, 9.17) is 5.11 Å². The predicted octanol–water partition coefficient (Wildman–Crippen LogP) is -0.296. The van der Waals surface area contributed by atoms with E-state index >= 15 is 0 Å². The summed E-state index contributed by atoms with van der Waals surface area (Å²) in [5, 5.41) is 20.4. The minimum absolute atomic E-state index is 0.0982. The van der Waals surface area contributed by atoms with E-state index in [9.17, 15) is 8.42 Å². The summed E-state index contributed by atoms with van der Waals surface area (Å²) < 4.78 is 25.0. The van der Waals surface area contributed by atoms with Crippen molar-refractivity contribution in [3.63, 3.8) is 0 Å². The van der Waals surface area contributed by atoms with Crippen molar-refractivity contribution < 1.29 is 13.5 Å². The maximum absolute atomic E-state index is 11.3. The van der Waals surface area contributed by atoms with Crippen LogP contribution in [0.15, 0.2) is 24.3 Å². The molecule has 1 heterocycles. The van der Waals surface area contributed by atoms with Crippen LogP contribution in [0.3, 0.4) is 0 Å². The first-order valence-electron chi connectivity index (χ1n) is 5.45. The topological polar surface area (TPSA) is 110 Å². The Morgan fingerprint density at radius 2 is 2.11 bits per heavy atom. The van der Waals surface area contributed by atoms with Crippen molar-refractivity contribution in [2.45, 2.75) is 6.54 Å². The normalized spacial score (nSPS) is 11.5. The van der Waals surface area contributed by atoms with Gasteiger partial charge in [0.05, 0.1) is 25.1 Å². The van der Waals surface area contributed by atoms with E-state index in [1.165, 1.54) is 4.80 Å². The number of nitrogens with one attached hydrogen (secondary N) is 1. The van der Waals surface area contributed by atoms with Crippen molar-refractivity contribution in [2.24, 2.45) is 0 Å². The number of anilines is 1. The van der Waals surface area contributed by atoms with Crippen LogP contribution in [-0.4, -0.2) is 46.6 Å². The lowest BCUT2D eigenvalue weighted by Gasteiger charge is -2.07. The Labute approximate surface area is 110 Å². The number of rotatable bonds is 5. The Balaban J connectivity index is 2.38. The zero-order chi connectivity index (χ0) is 13.9. The zero-order valence-electron chi connectivity index (χ0n) is 10.2. The molecule has 102 valence electrons. The van der Waals surface area contributed by atoms with Crippen LogP contribution in [0.4, 0.5) is 5.69 Å². The van der Waals surface area contributed by atoms with Crippen LogP contribution in [0, 0.1) is 0 Å². The van der Waals surface area contributed by atoms with Crippen LogP contribution in [0.25, 0.3) is 11.4 Å². The molecular weight excluding hydrogens is 270 g/mol. The van der Waals surface area contributed by atoms with Gasteiger partial charge in [0.25, 0.3) is 0 Å². The van der Waals surface area contributed by atoms with Gasteiger partial charge in [0.2, 0.25) is 15.8 Å². The van der Waals surface area contributed by atoms with Gasteiger partial charge >= 0.3 is 0 Å². The molecule has 2 N–H and O–H groups in total. The maximum atomic E-state index is 11.3. The highest BCUT2D eigenvalue weighted by molar-refractivity contribution is 7.92. The average molecular weight is 283 g/mol. The fraction of sp³-hybridized carbons (Fsp3) is 0.300. The van der Waals surface area contributed by atoms with Gasteiger partial charge in [-0.05, 0) is 17.3 Å². The van der Waals surface area contributed by atoms with Crippen LogP contribution in [0.2, 0.25) is 0 Å². The van der Waals surface area contributed by atoms with Gasteiger partial charge in [0, 0.05) is 5.56 Å². The van der Waals surface area contributed by atoms with Gasteiger partial charge in [0.15, 0.2) is 0 Å². The highest BCUT2D eigenvalue weighted by Crippen LogP contribution is 2.24. The summed E-state index contributed by atoms with van der Waals surface area (Å²) in [5.41, 5.74) is 0.908. The number of sulfonamides is 1. The van der Waals surface area contributed by atoms with Crippen molar-refractivity contribution in [2.75, 3.05) is 17.6 Å². The first kappa shape index (κ1) is 13.4. The van der Waals surface area contributed by atoms with Gasteiger partial charge in [0.1, 0.15) is 0 Å². The van der Waals surface area contributed by atoms with Gasteiger partial charge in [-0.25, -0.2) is 8.42 Å². The van der Waals surface area contributed by atoms with Gasteiger partial charge in [-0.3, -0.25) is 4.72 Å². The fourth-order valence-corrected chi connectivity index (χ4v) is 2.08. The SMILES string of the molecule is CS(=O)(=O)Nc1ccccc1-c1nnn(CCO)n1. The molecule has 1 aromatic carbocycles. The summed E-state index contributed by atoms with van der Waals surface area (Å²) in [6, 6.07) is 6.75. The van der Waals surface area contributed by atoms with Crippen molar-refractivity contribution in [3.8, 4) is 11.4 Å². The monoisotopic (exact) mass is 283 g/mol. The molecule has 0 bridgehead atoms. The summed E-state index contributed by atoms with van der Waals surface area (Å²) in [4.78, 5) is 1.24.